The fourth-order valence-corrected chi connectivity index (χ4v) is 5.16. The molecule has 82 valence electrons. The molecule has 0 aromatic heterocycles. The molecule has 8 atom stereocenters. The van der Waals surface area contributed by atoms with Crippen molar-refractivity contribution in [3.8, 4) is 0 Å². The summed E-state index contributed by atoms with van der Waals surface area (Å²) in [5.74, 6) is 3.81. The molecule has 2 heteroatoms. The van der Waals surface area contributed by atoms with Crippen molar-refractivity contribution in [3.63, 3.8) is 0 Å². The highest BCUT2D eigenvalue weighted by molar-refractivity contribution is 5.18. The molecule has 0 spiro atoms. The van der Waals surface area contributed by atoms with Gasteiger partial charge in [-0.25, -0.2) is 0 Å². The van der Waals surface area contributed by atoms with Gasteiger partial charge in [0, 0.05) is 0 Å². The van der Waals surface area contributed by atoms with Crippen LogP contribution in [0.4, 0.5) is 0 Å². The molecule has 2 nitrogen and oxygen atoms in total. The van der Waals surface area contributed by atoms with Gasteiger partial charge in [0.15, 0.2) is 0 Å². The van der Waals surface area contributed by atoms with Crippen molar-refractivity contribution >= 4 is 0 Å². The van der Waals surface area contributed by atoms with E-state index in [9.17, 15) is 0 Å². The third kappa shape index (κ3) is 0.898. The monoisotopic (exact) mass is 206 g/mol. The van der Waals surface area contributed by atoms with Gasteiger partial charge in [0.1, 0.15) is 12.2 Å². The van der Waals surface area contributed by atoms with Crippen LogP contribution in [0, 0.1) is 23.7 Å². The number of epoxide rings is 2. The van der Waals surface area contributed by atoms with Crippen LogP contribution in [-0.2, 0) is 9.47 Å². The van der Waals surface area contributed by atoms with Crippen LogP contribution in [0.1, 0.15) is 32.1 Å². The van der Waals surface area contributed by atoms with E-state index in [1.54, 1.807) is 0 Å². The Morgan fingerprint density at radius 1 is 0.733 bits per heavy atom. The van der Waals surface area contributed by atoms with Crippen molar-refractivity contribution in [1.29, 1.82) is 0 Å². The maximum atomic E-state index is 5.87. The van der Waals surface area contributed by atoms with Gasteiger partial charge in [-0.05, 0) is 36.5 Å². The summed E-state index contributed by atoms with van der Waals surface area (Å²) in [4.78, 5) is 0. The molecule has 5 aliphatic rings. The summed E-state index contributed by atoms with van der Waals surface area (Å²) in [5.41, 5.74) is 0. The highest BCUT2D eigenvalue weighted by Crippen LogP contribution is 2.64. The van der Waals surface area contributed by atoms with Gasteiger partial charge in [0.05, 0.1) is 12.2 Å². The second kappa shape index (κ2) is 2.43. The first-order chi connectivity index (χ1) is 7.43. The van der Waals surface area contributed by atoms with Gasteiger partial charge in [0.2, 0.25) is 0 Å². The Morgan fingerprint density at radius 2 is 1.53 bits per heavy atom. The zero-order valence-corrected chi connectivity index (χ0v) is 8.97. The van der Waals surface area contributed by atoms with Crippen LogP contribution in [-0.4, -0.2) is 24.4 Å². The SMILES string of the molecule is C1CCC2C(C1)CC1C3OC3C3OC3C21. The van der Waals surface area contributed by atoms with Crippen molar-refractivity contribution in [2.45, 2.75) is 56.5 Å². The fourth-order valence-electron chi connectivity index (χ4n) is 5.16. The minimum Gasteiger partial charge on any atom is -0.366 e. The lowest BCUT2D eigenvalue weighted by Gasteiger charge is -2.29. The van der Waals surface area contributed by atoms with Crippen molar-refractivity contribution in [3.05, 3.63) is 0 Å². The van der Waals surface area contributed by atoms with Crippen LogP contribution in [0.25, 0.3) is 0 Å². The van der Waals surface area contributed by atoms with Crippen LogP contribution in [0.3, 0.4) is 0 Å². The first kappa shape index (κ1) is 8.08. The molecule has 0 bridgehead atoms. The summed E-state index contributed by atoms with van der Waals surface area (Å²) in [6, 6.07) is 0. The minimum atomic E-state index is 0.524. The van der Waals surface area contributed by atoms with E-state index in [2.05, 4.69) is 0 Å². The lowest BCUT2D eigenvalue weighted by molar-refractivity contribution is 0.164. The van der Waals surface area contributed by atoms with Crippen LogP contribution < -0.4 is 0 Å². The Morgan fingerprint density at radius 3 is 2.53 bits per heavy atom. The molecule has 2 saturated heterocycles. The molecule has 3 aliphatic carbocycles. The van der Waals surface area contributed by atoms with Crippen LogP contribution in [0.15, 0.2) is 0 Å². The first-order valence-electron chi connectivity index (χ1n) is 6.74. The molecule has 0 amide bonds. The van der Waals surface area contributed by atoms with Gasteiger partial charge in [-0.3, -0.25) is 0 Å². The summed E-state index contributed by atoms with van der Waals surface area (Å²) in [6.45, 7) is 0. The molecule has 2 heterocycles. The van der Waals surface area contributed by atoms with Gasteiger partial charge in [-0.15, -0.1) is 0 Å². The van der Waals surface area contributed by atoms with Gasteiger partial charge in [-0.2, -0.15) is 0 Å². The summed E-state index contributed by atoms with van der Waals surface area (Å²) < 4.78 is 11.7. The van der Waals surface area contributed by atoms with E-state index >= 15 is 0 Å². The predicted octanol–water partition coefficient (Wildman–Crippen LogP) is 1.98. The Labute approximate surface area is 90.3 Å². The molecule has 15 heavy (non-hydrogen) atoms. The molecular weight excluding hydrogens is 188 g/mol. The smallest absolute Gasteiger partial charge is 0.113 e. The molecule has 3 saturated carbocycles. The van der Waals surface area contributed by atoms with Gasteiger partial charge in [-0.1, -0.05) is 19.3 Å². The molecule has 2 aliphatic heterocycles. The Balaban J connectivity index is 1.52. The fraction of sp³-hybridized carbons (Fsp3) is 1.00. The standard InChI is InChI=1S/C13H18O2/c1-2-4-7-6(3-1)5-8-9(7)11-13(15-11)12-10(8)14-12/h6-13H,1-5H2. The highest BCUT2D eigenvalue weighted by atomic mass is 16.7. The third-order valence-corrected chi connectivity index (χ3v) is 5.78. The van der Waals surface area contributed by atoms with E-state index in [1.165, 1.54) is 32.1 Å². The van der Waals surface area contributed by atoms with E-state index < -0.39 is 0 Å². The van der Waals surface area contributed by atoms with E-state index in [4.69, 9.17) is 9.47 Å². The second-order valence-corrected chi connectivity index (χ2v) is 6.32. The minimum absolute atomic E-state index is 0.524. The molecule has 0 aromatic rings. The van der Waals surface area contributed by atoms with Gasteiger partial charge >= 0.3 is 0 Å². The maximum absolute atomic E-state index is 5.87. The Hall–Kier alpha value is -0.0800. The average Bonchev–Trinajstić information content (AvgIpc) is 3.12. The van der Waals surface area contributed by atoms with Crippen molar-refractivity contribution in [1.82, 2.24) is 0 Å². The zero-order valence-electron chi connectivity index (χ0n) is 8.97. The Kier molecular flexibility index (Phi) is 1.31. The van der Waals surface area contributed by atoms with E-state index in [0.29, 0.717) is 24.4 Å². The maximum Gasteiger partial charge on any atom is 0.113 e. The largest absolute Gasteiger partial charge is 0.366 e. The van der Waals surface area contributed by atoms with Crippen molar-refractivity contribution in [2.75, 3.05) is 0 Å². The quantitative estimate of drug-likeness (QED) is 0.566. The van der Waals surface area contributed by atoms with E-state index in [-0.39, 0.29) is 0 Å². The predicted molar refractivity (Wildman–Crippen MR) is 54.4 cm³/mol. The normalized spacial score (nSPS) is 68.8. The number of hydrogen-bond acceptors (Lipinski definition) is 2. The lowest BCUT2D eigenvalue weighted by atomic mass is 9.73. The summed E-state index contributed by atoms with van der Waals surface area (Å²) in [5, 5.41) is 0. The van der Waals surface area contributed by atoms with Crippen LogP contribution in [0.5, 0.6) is 0 Å². The summed E-state index contributed by atoms with van der Waals surface area (Å²) in [6.07, 6.45) is 9.66. The number of ether oxygens (including phenoxy) is 2. The topological polar surface area (TPSA) is 25.1 Å². The van der Waals surface area contributed by atoms with Crippen molar-refractivity contribution < 1.29 is 9.47 Å². The van der Waals surface area contributed by atoms with E-state index in [1.807, 2.05) is 0 Å². The molecule has 5 fully saturated rings. The zero-order chi connectivity index (χ0) is 9.57. The number of rotatable bonds is 0. The number of hydrogen-bond donors (Lipinski definition) is 0. The van der Waals surface area contributed by atoms with Crippen LogP contribution >= 0.6 is 0 Å². The molecule has 5 rings (SSSR count). The Bertz CT molecular complexity index is 314. The molecule has 0 aromatic carbocycles. The summed E-state index contributed by atoms with van der Waals surface area (Å²) in [7, 11) is 0. The molecular formula is C13H18O2. The molecule has 0 radical (unpaired) electrons. The van der Waals surface area contributed by atoms with Crippen LogP contribution in [0.2, 0.25) is 0 Å². The van der Waals surface area contributed by atoms with Gasteiger partial charge < -0.3 is 9.47 Å². The highest BCUT2D eigenvalue weighted by Gasteiger charge is 2.72. The average molecular weight is 206 g/mol. The molecule has 0 N–H and O–H groups in total. The summed E-state index contributed by atoms with van der Waals surface area (Å²) >= 11 is 0. The van der Waals surface area contributed by atoms with Crippen molar-refractivity contribution in [2.24, 2.45) is 23.7 Å². The van der Waals surface area contributed by atoms with Gasteiger partial charge in [0.25, 0.3) is 0 Å². The second-order valence-electron chi connectivity index (χ2n) is 6.32. The van der Waals surface area contributed by atoms with E-state index in [0.717, 1.165) is 23.7 Å². The lowest BCUT2D eigenvalue weighted by Crippen LogP contribution is -2.33. The first-order valence-corrected chi connectivity index (χ1v) is 6.74. The third-order valence-electron chi connectivity index (χ3n) is 5.78. The number of fused-ring (bicyclic) bond motifs is 8. The molecule has 8 unspecified atom stereocenters.